The molecule has 2 rings (SSSR count). The fraction of sp³-hybridized carbons (Fsp3) is 0.385. The highest BCUT2D eigenvalue weighted by Crippen LogP contribution is 2.35. The van der Waals surface area contributed by atoms with Crippen molar-refractivity contribution < 1.29 is 23.5 Å². The molecule has 2 N–H and O–H groups in total. The predicted octanol–water partition coefficient (Wildman–Crippen LogP) is 2.53. The summed E-state index contributed by atoms with van der Waals surface area (Å²) >= 11 is 0. The first-order chi connectivity index (χ1) is 8.88. The molecule has 0 bridgehead atoms. The molecule has 0 fully saturated rings. The minimum Gasteiger partial charge on any atom is -0.481 e. The monoisotopic (exact) mass is 269 g/mol. The van der Waals surface area contributed by atoms with Gasteiger partial charge in [0.25, 0.3) is 5.92 Å². The van der Waals surface area contributed by atoms with E-state index in [0.717, 1.165) is 0 Å². The van der Waals surface area contributed by atoms with Crippen molar-refractivity contribution in [1.82, 2.24) is 0 Å². The van der Waals surface area contributed by atoms with Crippen molar-refractivity contribution in [3.8, 4) is 0 Å². The minimum absolute atomic E-state index is 0.127. The van der Waals surface area contributed by atoms with E-state index in [1.807, 2.05) is 0 Å². The summed E-state index contributed by atoms with van der Waals surface area (Å²) in [5, 5.41) is 11.1. The summed E-state index contributed by atoms with van der Waals surface area (Å²) in [7, 11) is 0. The minimum atomic E-state index is -3.17. The number of amides is 1. The van der Waals surface area contributed by atoms with Crippen molar-refractivity contribution in [3.05, 3.63) is 29.3 Å². The Morgan fingerprint density at radius 1 is 1.37 bits per heavy atom. The number of fused-ring (bicyclic) bond motifs is 1. The van der Waals surface area contributed by atoms with E-state index in [1.165, 1.54) is 18.2 Å². The van der Waals surface area contributed by atoms with Gasteiger partial charge in [-0.05, 0) is 24.1 Å². The first kappa shape index (κ1) is 13.5. The normalized spacial score (nSPS) is 14.7. The zero-order chi connectivity index (χ0) is 14.0. The number of rotatable bonds is 4. The number of aryl methyl sites for hydroxylation is 1. The Labute approximate surface area is 108 Å². The van der Waals surface area contributed by atoms with E-state index >= 15 is 0 Å². The van der Waals surface area contributed by atoms with Gasteiger partial charge in [-0.25, -0.2) is 8.78 Å². The zero-order valence-corrected chi connectivity index (χ0v) is 10.1. The van der Waals surface area contributed by atoms with Crippen molar-refractivity contribution in [3.63, 3.8) is 0 Å². The lowest BCUT2D eigenvalue weighted by atomic mass is 9.96. The van der Waals surface area contributed by atoms with Crippen LogP contribution in [0.25, 0.3) is 0 Å². The lowest BCUT2D eigenvalue weighted by Gasteiger charge is -2.21. The Bertz CT molecular complexity index is 529. The van der Waals surface area contributed by atoms with Crippen LogP contribution in [0.3, 0.4) is 0 Å². The summed E-state index contributed by atoms with van der Waals surface area (Å²) in [5.41, 5.74) is 1.00. The molecule has 0 radical (unpaired) electrons. The van der Waals surface area contributed by atoms with Gasteiger partial charge in [-0.2, -0.15) is 0 Å². The average Bonchev–Trinajstić information content (AvgIpc) is 2.36. The Balaban J connectivity index is 2.21. The molecule has 1 aliphatic rings. The van der Waals surface area contributed by atoms with Crippen LogP contribution < -0.4 is 5.32 Å². The Hall–Kier alpha value is -1.98. The quantitative estimate of drug-likeness (QED) is 0.882. The van der Waals surface area contributed by atoms with Gasteiger partial charge in [-0.3, -0.25) is 9.59 Å². The van der Waals surface area contributed by atoms with Gasteiger partial charge >= 0.3 is 5.97 Å². The smallest absolute Gasteiger partial charge is 0.303 e. The number of carbonyl (C=O) groups is 2. The molecule has 6 heteroatoms. The second kappa shape index (κ2) is 4.95. The molecule has 1 aromatic rings. The largest absolute Gasteiger partial charge is 0.481 e. The summed E-state index contributed by atoms with van der Waals surface area (Å²) < 4.78 is 27.6. The number of nitrogens with one attached hydrogen (secondary N) is 1. The van der Waals surface area contributed by atoms with E-state index in [0.29, 0.717) is 17.7 Å². The van der Waals surface area contributed by atoms with Crippen LogP contribution in [0.4, 0.5) is 14.5 Å². The van der Waals surface area contributed by atoms with Crippen molar-refractivity contribution in [2.75, 3.05) is 5.32 Å². The van der Waals surface area contributed by atoms with Crippen LogP contribution in [-0.2, 0) is 21.9 Å². The summed E-state index contributed by atoms with van der Waals surface area (Å²) in [6.07, 6.45) is -0.616. The van der Waals surface area contributed by atoms with Gasteiger partial charge in [-0.1, -0.05) is 6.07 Å². The molecule has 19 heavy (non-hydrogen) atoms. The number of aliphatic carboxylic acids is 1. The molecule has 0 saturated carbocycles. The fourth-order valence-electron chi connectivity index (χ4n) is 2.02. The van der Waals surface area contributed by atoms with Crippen molar-refractivity contribution in [1.29, 1.82) is 0 Å². The van der Waals surface area contributed by atoms with E-state index in [2.05, 4.69) is 5.32 Å². The summed E-state index contributed by atoms with van der Waals surface area (Å²) in [5.74, 6) is -4.54. The van der Waals surface area contributed by atoms with Gasteiger partial charge in [0.1, 0.15) is 0 Å². The number of carboxylic acids is 1. The first-order valence-corrected chi connectivity index (χ1v) is 5.91. The molecule has 102 valence electrons. The van der Waals surface area contributed by atoms with Crippen LogP contribution >= 0.6 is 0 Å². The Morgan fingerprint density at radius 3 is 2.79 bits per heavy atom. The van der Waals surface area contributed by atoms with E-state index in [-0.39, 0.29) is 17.9 Å². The maximum atomic E-state index is 13.8. The molecule has 1 amide bonds. The molecule has 4 nitrogen and oxygen atoms in total. The van der Waals surface area contributed by atoms with Gasteiger partial charge in [0, 0.05) is 24.1 Å². The highest BCUT2D eigenvalue weighted by atomic mass is 19.3. The standard InChI is InChI=1S/C13H13F2NO3/c14-13(15,6-5-12(18)19)9-2-3-10-8(7-9)1-4-11(17)16-10/h2-3,7H,1,4-6H2,(H,16,17)(H,18,19). The third-order valence-corrected chi connectivity index (χ3v) is 3.08. The number of hydrogen-bond acceptors (Lipinski definition) is 2. The van der Waals surface area contributed by atoms with Crippen LogP contribution in [0.15, 0.2) is 18.2 Å². The number of halogens is 2. The van der Waals surface area contributed by atoms with Crippen LogP contribution in [0.2, 0.25) is 0 Å². The number of alkyl halides is 2. The third-order valence-electron chi connectivity index (χ3n) is 3.08. The van der Waals surface area contributed by atoms with Crippen LogP contribution in [0, 0.1) is 0 Å². The van der Waals surface area contributed by atoms with Crippen molar-refractivity contribution >= 4 is 17.6 Å². The van der Waals surface area contributed by atoms with E-state index < -0.39 is 24.7 Å². The van der Waals surface area contributed by atoms with Gasteiger partial charge in [0.15, 0.2) is 0 Å². The molecule has 1 aromatic carbocycles. The van der Waals surface area contributed by atoms with Gasteiger partial charge in [-0.15, -0.1) is 0 Å². The maximum absolute atomic E-state index is 13.8. The number of benzene rings is 1. The summed E-state index contributed by atoms with van der Waals surface area (Å²) in [6.45, 7) is 0. The second-order valence-electron chi connectivity index (χ2n) is 4.52. The first-order valence-electron chi connectivity index (χ1n) is 5.91. The van der Waals surface area contributed by atoms with Crippen LogP contribution in [-0.4, -0.2) is 17.0 Å². The highest BCUT2D eigenvalue weighted by Gasteiger charge is 2.33. The van der Waals surface area contributed by atoms with E-state index in [9.17, 15) is 18.4 Å². The molecule has 0 saturated heterocycles. The topological polar surface area (TPSA) is 66.4 Å². The molecule has 1 aliphatic heterocycles. The molecule has 0 spiro atoms. The lowest BCUT2D eigenvalue weighted by Crippen LogP contribution is -2.21. The molecular formula is C13H13F2NO3. The fourth-order valence-corrected chi connectivity index (χ4v) is 2.02. The lowest BCUT2D eigenvalue weighted by molar-refractivity contribution is -0.139. The van der Waals surface area contributed by atoms with Gasteiger partial charge < -0.3 is 10.4 Å². The molecule has 0 aromatic heterocycles. The van der Waals surface area contributed by atoms with Crippen molar-refractivity contribution in [2.24, 2.45) is 0 Å². The molecular weight excluding hydrogens is 256 g/mol. The molecule has 0 unspecified atom stereocenters. The highest BCUT2D eigenvalue weighted by molar-refractivity contribution is 5.93. The van der Waals surface area contributed by atoms with Gasteiger partial charge in [0.2, 0.25) is 5.91 Å². The van der Waals surface area contributed by atoms with Crippen LogP contribution in [0.1, 0.15) is 30.4 Å². The van der Waals surface area contributed by atoms with Gasteiger partial charge in [0.05, 0.1) is 6.42 Å². The van der Waals surface area contributed by atoms with E-state index in [1.54, 1.807) is 0 Å². The summed E-state index contributed by atoms with van der Waals surface area (Å²) in [4.78, 5) is 21.5. The molecule has 0 atom stereocenters. The molecule has 1 heterocycles. The average molecular weight is 269 g/mol. The molecule has 0 aliphatic carbocycles. The van der Waals surface area contributed by atoms with Crippen molar-refractivity contribution in [2.45, 2.75) is 31.6 Å². The Kier molecular flexibility index (Phi) is 3.50. The maximum Gasteiger partial charge on any atom is 0.303 e. The van der Waals surface area contributed by atoms with E-state index in [4.69, 9.17) is 5.11 Å². The second-order valence-corrected chi connectivity index (χ2v) is 4.52. The number of anilines is 1. The third kappa shape index (κ3) is 3.07. The summed E-state index contributed by atoms with van der Waals surface area (Å²) in [6, 6.07) is 4.01. The Morgan fingerprint density at radius 2 is 2.11 bits per heavy atom. The zero-order valence-electron chi connectivity index (χ0n) is 10.1. The number of carbonyl (C=O) groups excluding carboxylic acids is 1. The number of hydrogen-bond donors (Lipinski definition) is 2. The van der Waals surface area contributed by atoms with Crippen LogP contribution in [0.5, 0.6) is 0 Å². The SMILES string of the molecule is O=C(O)CCC(F)(F)c1ccc2c(c1)CCC(=O)N2. The number of carboxylic acid groups (broad SMARTS) is 1. The predicted molar refractivity (Wildman–Crippen MR) is 64.2 cm³/mol.